The van der Waals surface area contributed by atoms with Crippen molar-refractivity contribution in [2.75, 3.05) is 5.32 Å². The number of amides is 2. The summed E-state index contributed by atoms with van der Waals surface area (Å²) in [5, 5.41) is 5.63. The van der Waals surface area contributed by atoms with Gasteiger partial charge >= 0.3 is 0 Å². The molecule has 0 fully saturated rings. The molecule has 1 atom stereocenters. The van der Waals surface area contributed by atoms with Gasteiger partial charge in [0.05, 0.1) is 11.1 Å². The van der Waals surface area contributed by atoms with Gasteiger partial charge in [-0.15, -0.1) is 0 Å². The van der Waals surface area contributed by atoms with Crippen molar-refractivity contribution in [1.82, 2.24) is 5.32 Å². The molecule has 1 aliphatic heterocycles. The van der Waals surface area contributed by atoms with Crippen molar-refractivity contribution < 1.29 is 9.59 Å². The number of carbonyl (C=O) groups is 2. The van der Waals surface area contributed by atoms with Gasteiger partial charge in [0.1, 0.15) is 0 Å². The topological polar surface area (TPSA) is 58.2 Å². The third-order valence-corrected chi connectivity index (χ3v) is 3.96. The van der Waals surface area contributed by atoms with Crippen molar-refractivity contribution in [3.05, 3.63) is 63.6 Å². The predicted molar refractivity (Wildman–Crippen MR) is 84.4 cm³/mol. The first-order valence-electron chi connectivity index (χ1n) is 6.56. The number of benzene rings is 2. The van der Waals surface area contributed by atoms with Crippen LogP contribution in [0.3, 0.4) is 0 Å². The lowest BCUT2D eigenvalue weighted by atomic mass is 10.1. The monoisotopic (exact) mass is 344 g/mol. The molecule has 0 bridgehead atoms. The first kappa shape index (κ1) is 13.8. The van der Waals surface area contributed by atoms with E-state index in [9.17, 15) is 9.59 Å². The number of hydrogen-bond acceptors (Lipinski definition) is 3. The standard InChI is InChI=1S/C16H13BrN2O2/c1-9(10-3-2-4-11(17)7-10)18-12-5-6-13-14(8-12)16(21)19-15(13)20/h2-9,18H,1H3,(H,19,20,21). The average molecular weight is 345 g/mol. The Hall–Kier alpha value is -2.14. The molecule has 0 spiro atoms. The number of carbonyl (C=O) groups excluding carboxylic acids is 2. The molecule has 2 aromatic carbocycles. The summed E-state index contributed by atoms with van der Waals surface area (Å²) in [4.78, 5) is 23.2. The summed E-state index contributed by atoms with van der Waals surface area (Å²) >= 11 is 3.45. The van der Waals surface area contributed by atoms with Crippen LogP contribution in [0.15, 0.2) is 46.9 Å². The molecule has 1 heterocycles. The fourth-order valence-electron chi connectivity index (χ4n) is 2.37. The van der Waals surface area contributed by atoms with E-state index in [-0.39, 0.29) is 17.9 Å². The zero-order valence-electron chi connectivity index (χ0n) is 11.3. The Morgan fingerprint density at radius 3 is 2.57 bits per heavy atom. The van der Waals surface area contributed by atoms with Crippen molar-refractivity contribution in [2.24, 2.45) is 0 Å². The van der Waals surface area contributed by atoms with Crippen LogP contribution in [-0.2, 0) is 0 Å². The maximum atomic E-state index is 11.7. The third kappa shape index (κ3) is 2.69. The minimum absolute atomic E-state index is 0.0840. The van der Waals surface area contributed by atoms with Crippen molar-refractivity contribution in [3.8, 4) is 0 Å². The minimum atomic E-state index is -0.339. The van der Waals surface area contributed by atoms with E-state index in [1.54, 1.807) is 12.1 Å². The van der Waals surface area contributed by atoms with Gasteiger partial charge < -0.3 is 5.32 Å². The lowest BCUT2D eigenvalue weighted by molar-refractivity contribution is 0.0879. The van der Waals surface area contributed by atoms with Crippen LogP contribution in [0.1, 0.15) is 39.2 Å². The van der Waals surface area contributed by atoms with E-state index in [2.05, 4.69) is 26.6 Å². The Morgan fingerprint density at radius 2 is 1.81 bits per heavy atom. The smallest absolute Gasteiger partial charge is 0.259 e. The van der Waals surface area contributed by atoms with E-state index in [4.69, 9.17) is 0 Å². The van der Waals surface area contributed by atoms with Gasteiger partial charge in [0.25, 0.3) is 11.8 Å². The zero-order chi connectivity index (χ0) is 15.0. The highest BCUT2D eigenvalue weighted by Gasteiger charge is 2.26. The van der Waals surface area contributed by atoms with Crippen LogP contribution in [0.25, 0.3) is 0 Å². The van der Waals surface area contributed by atoms with Gasteiger partial charge in [-0.05, 0) is 42.8 Å². The first-order chi connectivity index (χ1) is 10.0. The normalized spacial score (nSPS) is 14.6. The molecule has 0 saturated heterocycles. The molecule has 1 aliphatic rings. The molecule has 21 heavy (non-hydrogen) atoms. The fourth-order valence-corrected chi connectivity index (χ4v) is 2.78. The van der Waals surface area contributed by atoms with Gasteiger partial charge in [0.2, 0.25) is 0 Å². The summed E-state index contributed by atoms with van der Waals surface area (Å²) in [5.74, 6) is -0.671. The number of fused-ring (bicyclic) bond motifs is 1. The molecule has 0 radical (unpaired) electrons. The van der Waals surface area contributed by atoms with Crippen molar-refractivity contribution >= 4 is 33.4 Å². The minimum Gasteiger partial charge on any atom is -0.379 e. The first-order valence-corrected chi connectivity index (χ1v) is 7.35. The fraction of sp³-hybridized carbons (Fsp3) is 0.125. The lowest BCUT2D eigenvalue weighted by Crippen LogP contribution is -2.19. The van der Waals surface area contributed by atoms with Crippen LogP contribution in [0, 0.1) is 0 Å². The highest BCUT2D eigenvalue weighted by atomic mass is 79.9. The highest BCUT2D eigenvalue weighted by Crippen LogP contribution is 2.25. The van der Waals surface area contributed by atoms with Gasteiger partial charge in [-0.3, -0.25) is 14.9 Å². The van der Waals surface area contributed by atoms with E-state index in [1.807, 2.05) is 37.3 Å². The van der Waals surface area contributed by atoms with E-state index in [0.29, 0.717) is 11.1 Å². The number of hydrogen-bond donors (Lipinski definition) is 2. The molecule has 5 heteroatoms. The second kappa shape index (κ2) is 5.33. The molecule has 1 unspecified atom stereocenters. The summed E-state index contributed by atoms with van der Waals surface area (Å²) in [7, 11) is 0. The largest absolute Gasteiger partial charge is 0.379 e. The molecule has 0 aliphatic carbocycles. The lowest BCUT2D eigenvalue weighted by Gasteiger charge is -2.16. The SMILES string of the molecule is CC(Nc1ccc2c(c1)C(=O)NC2=O)c1cccc(Br)c1. The number of halogens is 1. The Kier molecular flexibility index (Phi) is 3.51. The second-order valence-corrected chi connectivity index (χ2v) is 5.88. The average Bonchev–Trinajstić information content (AvgIpc) is 2.74. The zero-order valence-corrected chi connectivity index (χ0v) is 12.9. The molecular weight excluding hydrogens is 332 g/mol. The summed E-state index contributed by atoms with van der Waals surface area (Å²) in [5.41, 5.74) is 2.79. The third-order valence-electron chi connectivity index (χ3n) is 3.47. The molecule has 2 amide bonds. The number of imide groups is 1. The van der Waals surface area contributed by atoms with Crippen LogP contribution in [0.2, 0.25) is 0 Å². The second-order valence-electron chi connectivity index (χ2n) is 4.96. The summed E-state index contributed by atoms with van der Waals surface area (Å²) in [6, 6.07) is 13.3. The Balaban J connectivity index is 1.84. The van der Waals surface area contributed by atoms with Crippen LogP contribution < -0.4 is 10.6 Å². The van der Waals surface area contributed by atoms with Crippen LogP contribution in [-0.4, -0.2) is 11.8 Å². The van der Waals surface area contributed by atoms with Gasteiger partial charge in [0.15, 0.2) is 0 Å². The Bertz CT molecular complexity index is 743. The molecular formula is C16H13BrN2O2. The van der Waals surface area contributed by atoms with Crippen LogP contribution in [0.4, 0.5) is 5.69 Å². The molecule has 2 N–H and O–H groups in total. The predicted octanol–water partition coefficient (Wildman–Crippen LogP) is 3.51. The Labute approximate surface area is 130 Å². The van der Waals surface area contributed by atoms with E-state index < -0.39 is 0 Å². The van der Waals surface area contributed by atoms with Gasteiger partial charge in [-0.1, -0.05) is 28.1 Å². The molecule has 0 aromatic heterocycles. The maximum Gasteiger partial charge on any atom is 0.259 e. The van der Waals surface area contributed by atoms with Gasteiger partial charge in [-0.2, -0.15) is 0 Å². The number of rotatable bonds is 3. The quantitative estimate of drug-likeness (QED) is 0.837. The van der Waals surface area contributed by atoms with Crippen molar-refractivity contribution in [2.45, 2.75) is 13.0 Å². The van der Waals surface area contributed by atoms with E-state index in [1.165, 1.54) is 0 Å². The highest BCUT2D eigenvalue weighted by molar-refractivity contribution is 9.10. The maximum absolute atomic E-state index is 11.7. The van der Waals surface area contributed by atoms with Gasteiger partial charge in [-0.25, -0.2) is 0 Å². The Morgan fingerprint density at radius 1 is 1.05 bits per heavy atom. The van der Waals surface area contributed by atoms with Crippen molar-refractivity contribution in [1.29, 1.82) is 0 Å². The summed E-state index contributed by atoms with van der Waals surface area (Å²) < 4.78 is 1.02. The molecule has 0 saturated carbocycles. The van der Waals surface area contributed by atoms with Gasteiger partial charge in [0, 0.05) is 16.2 Å². The molecule has 3 rings (SSSR count). The molecule has 4 nitrogen and oxygen atoms in total. The molecule has 106 valence electrons. The number of nitrogens with one attached hydrogen (secondary N) is 2. The summed E-state index contributed by atoms with van der Waals surface area (Å²) in [6.07, 6.45) is 0. The van der Waals surface area contributed by atoms with E-state index >= 15 is 0 Å². The summed E-state index contributed by atoms with van der Waals surface area (Å²) in [6.45, 7) is 2.04. The van der Waals surface area contributed by atoms with E-state index in [0.717, 1.165) is 15.7 Å². The molecule has 2 aromatic rings. The van der Waals surface area contributed by atoms with Crippen LogP contribution >= 0.6 is 15.9 Å². The number of anilines is 1. The van der Waals surface area contributed by atoms with Crippen LogP contribution in [0.5, 0.6) is 0 Å². The van der Waals surface area contributed by atoms with Crippen molar-refractivity contribution in [3.63, 3.8) is 0 Å².